The van der Waals surface area contributed by atoms with Crippen LogP contribution < -0.4 is 4.43 Å². The Morgan fingerprint density at radius 1 is 0.882 bits per heavy atom. The lowest BCUT2D eigenvalue weighted by molar-refractivity contribution is 0.443. The van der Waals surface area contributed by atoms with E-state index in [-0.39, 0.29) is 0 Å². The molecule has 3 rings (SSSR count). The quantitative estimate of drug-likeness (QED) is 0.212. The zero-order valence-corrected chi connectivity index (χ0v) is 23.0. The van der Waals surface area contributed by atoms with Crippen molar-refractivity contribution in [2.24, 2.45) is 0 Å². The number of fused-ring (bicyclic) bond motifs is 1. The molecule has 0 amide bonds. The van der Waals surface area contributed by atoms with Gasteiger partial charge in [-0.25, -0.2) is 0 Å². The van der Waals surface area contributed by atoms with Gasteiger partial charge >= 0.3 is 0 Å². The van der Waals surface area contributed by atoms with E-state index in [0.717, 1.165) is 23.6 Å². The van der Waals surface area contributed by atoms with Crippen LogP contribution in [-0.2, 0) is 6.54 Å². The van der Waals surface area contributed by atoms with E-state index in [0.29, 0.717) is 16.6 Å². The molecule has 3 heteroatoms. The minimum atomic E-state index is -2.16. The van der Waals surface area contributed by atoms with Crippen LogP contribution >= 0.6 is 0 Å². The minimum absolute atomic E-state index is 0.496. The van der Waals surface area contributed by atoms with Gasteiger partial charge in [-0.05, 0) is 41.3 Å². The minimum Gasteiger partial charge on any atom is -0.531 e. The van der Waals surface area contributed by atoms with Crippen LogP contribution in [0.1, 0.15) is 59.6 Å². The Kier molecular flexibility index (Phi) is 8.43. The molecule has 0 bridgehead atoms. The molecule has 1 aromatic heterocycles. The van der Waals surface area contributed by atoms with Crippen molar-refractivity contribution in [3.63, 3.8) is 0 Å². The molecule has 3 aromatic rings. The first kappa shape index (κ1) is 25.8. The first-order valence-electron chi connectivity index (χ1n) is 12.5. The summed E-state index contributed by atoms with van der Waals surface area (Å²) in [5.41, 5.74) is 6.18. The second kappa shape index (κ2) is 11.1. The Labute approximate surface area is 207 Å². The van der Waals surface area contributed by atoms with Gasteiger partial charge in [0.25, 0.3) is 8.32 Å². The maximum absolute atomic E-state index is 7.39. The van der Waals surface area contributed by atoms with E-state index in [1.165, 1.54) is 16.5 Å². The Balaban J connectivity index is 2.28. The normalized spacial score (nSPS) is 12.8. The van der Waals surface area contributed by atoms with Crippen LogP contribution in [-0.4, -0.2) is 12.9 Å². The van der Waals surface area contributed by atoms with E-state index >= 15 is 0 Å². The lowest BCUT2D eigenvalue weighted by Gasteiger charge is -2.42. The summed E-state index contributed by atoms with van der Waals surface area (Å²) in [6.07, 6.45) is 8.42. The summed E-state index contributed by atoms with van der Waals surface area (Å²) in [5, 5.41) is 1.23. The number of aromatic nitrogens is 1. The average molecular weight is 472 g/mol. The van der Waals surface area contributed by atoms with Gasteiger partial charge in [0.1, 0.15) is 0 Å². The van der Waals surface area contributed by atoms with Crippen molar-refractivity contribution in [1.29, 1.82) is 0 Å². The third-order valence-corrected chi connectivity index (χ3v) is 12.8. The van der Waals surface area contributed by atoms with Crippen molar-refractivity contribution in [3.8, 4) is 5.88 Å². The van der Waals surface area contributed by atoms with Crippen LogP contribution in [0.5, 0.6) is 5.88 Å². The number of para-hydroxylation sites is 1. The fraction of sp³-hybridized carbons (Fsp3) is 0.355. The molecule has 0 aliphatic heterocycles. The largest absolute Gasteiger partial charge is 0.531 e. The van der Waals surface area contributed by atoms with Crippen molar-refractivity contribution in [1.82, 2.24) is 4.57 Å². The molecule has 0 fully saturated rings. The predicted molar refractivity (Wildman–Crippen MR) is 152 cm³/mol. The van der Waals surface area contributed by atoms with Crippen molar-refractivity contribution in [2.75, 3.05) is 0 Å². The van der Waals surface area contributed by atoms with Crippen LogP contribution in [0.4, 0.5) is 0 Å². The summed E-state index contributed by atoms with van der Waals surface area (Å²) >= 11 is 0. The zero-order valence-electron chi connectivity index (χ0n) is 22.0. The number of nitrogens with zero attached hydrogens (tertiary/aromatic N) is 1. The van der Waals surface area contributed by atoms with Gasteiger partial charge in [-0.15, -0.1) is 0 Å². The fourth-order valence-electron chi connectivity index (χ4n) is 5.39. The van der Waals surface area contributed by atoms with Gasteiger partial charge in [0.2, 0.25) is 0 Å². The van der Waals surface area contributed by atoms with Crippen molar-refractivity contribution in [2.45, 2.75) is 71.6 Å². The summed E-state index contributed by atoms with van der Waals surface area (Å²) in [6.45, 7) is 20.9. The highest BCUT2D eigenvalue weighted by Gasteiger charge is 2.48. The van der Waals surface area contributed by atoms with E-state index in [1.807, 2.05) is 13.0 Å². The molecule has 0 saturated carbocycles. The molecular formula is C31H41NOSi. The van der Waals surface area contributed by atoms with Gasteiger partial charge in [0.05, 0.1) is 12.1 Å². The van der Waals surface area contributed by atoms with Crippen LogP contribution in [0.25, 0.3) is 17.0 Å². The van der Waals surface area contributed by atoms with E-state index in [1.54, 1.807) is 0 Å². The number of hydrogen-bond donors (Lipinski definition) is 0. The average Bonchev–Trinajstić information content (AvgIpc) is 3.07. The molecule has 0 saturated heterocycles. The molecular weight excluding hydrogens is 430 g/mol. The van der Waals surface area contributed by atoms with E-state index < -0.39 is 8.32 Å². The van der Waals surface area contributed by atoms with Gasteiger partial charge in [-0.3, -0.25) is 0 Å². The van der Waals surface area contributed by atoms with Crippen LogP contribution in [0.15, 0.2) is 85.0 Å². The molecule has 0 radical (unpaired) electrons. The molecule has 0 unspecified atom stereocenters. The van der Waals surface area contributed by atoms with Crippen molar-refractivity contribution >= 4 is 25.3 Å². The van der Waals surface area contributed by atoms with Gasteiger partial charge < -0.3 is 8.99 Å². The lowest BCUT2D eigenvalue weighted by Crippen LogP contribution is -2.51. The molecule has 1 heterocycles. The number of hydrogen-bond acceptors (Lipinski definition) is 1. The van der Waals surface area contributed by atoms with Gasteiger partial charge in [-0.1, -0.05) is 120 Å². The number of allylic oxidation sites excluding steroid dienone is 4. The summed E-state index contributed by atoms with van der Waals surface area (Å²) in [5.74, 6) is 1.01. The Bertz CT molecular complexity index is 1140. The maximum atomic E-state index is 7.39. The van der Waals surface area contributed by atoms with Gasteiger partial charge in [0.15, 0.2) is 5.88 Å². The van der Waals surface area contributed by atoms with Crippen LogP contribution in [0.3, 0.4) is 0 Å². The molecule has 0 spiro atoms. The number of benzene rings is 2. The molecule has 2 nitrogen and oxygen atoms in total. The summed E-state index contributed by atoms with van der Waals surface area (Å²) in [7, 11) is -2.16. The molecule has 34 heavy (non-hydrogen) atoms. The van der Waals surface area contributed by atoms with E-state index in [9.17, 15) is 0 Å². The molecule has 180 valence electrons. The lowest BCUT2D eigenvalue weighted by atomic mass is 10.1. The highest BCUT2D eigenvalue weighted by molar-refractivity contribution is 6.78. The highest BCUT2D eigenvalue weighted by Crippen LogP contribution is 2.45. The third-order valence-electron chi connectivity index (χ3n) is 6.88. The number of rotatable bonds is 10. The fourth-order valence-corrected chi connectivity index (χ4v) is 10.7. The zero-order chi connectivity index (χ0) is 24.9. The van der Waals surface area contributed by atoms with E-state index in [2.05, 4.69) is 126 Å². The molecule has 2 aromatic carbocycles. The third kappa shape index (κ3) is 5.31. The summed E-state index contributed by atoms with van der Waals surface area (Å²) < 4.78 is 9.78. The highest BCUT2D eigenvalue weighted by atomic mass is 28.4. The predicted octanol–water partition coefficient (Wildman–Crippen LogP) is 9.39. The second-order valence-corrected chi connectivity index (χ2v) is 15.7. The molecule has 0 N–H and O–H groups in total. The molecule has 0 aliphatic carbocycles. The molecule has 0 atom stereocenters. The maximum Gasteiger partial charge on any atom is 0.260 e. The smallest absolute Gasteiger partial charge is 0.260 e. The summed E-state index contributed by atoms with van der Waals surface area (Å²) in [4.78, 5) is 0. The van der Waals surface area contributed by atoms with Crippen LogP contribution in [0, 0.1) is 0 Å². The topological polar surface area (TPSA) is 14.2 Å². The van der Waals surface area contributed by atoms with E-state index in [4.69, 9.17) is 4.43 Å². The second-order valence-electron chi connectivity index (χ2n) is 10.3. The standard InChI is InChI=1S/C31H41NOSi/c1-23(2)16-12-13-20-29-28-19-14-15-21-30(28)32(22-27-17-10-9-11-18-27)31(29)33-34(24(3)4,25(5)6)26(7)8/h9-21,24-26H,1,22H2,2-8H3/b16-12+,20-13+. The first-order valence-corrected chi connectivity index (χ1v) is 14.7. The van der Waals surface area contributed by atoms with Gasteiger partial charge in [-0.2, -0.15) is 0 Å². The van der Waals surface area contributed by atoms with Gasteiger partial charge in [0, 0.05) is 10.9 Å². The SMILES string of the molecule is C=C(C)/C=C/C=C/c1c(O[Si](C(C)C)(C(C)C)C(C)C)n(Cc2ccccc2)c2ccccc12. The monoisotopic (exact) mass is 471 g/mol. The Hall–Kier alpha value is -2.78. The summed E-state index contributed by atoms with van der Waals surface area (Å²) in [6, 6.07) is 19.4. The molecule has 0 aliphatic rings. The van der Waals surface area contributed by atoms with Crippen LogP contribution in [0.2, 0.25) is 16.6 Å². The van der Waals surface area contributed by atoms with Crippen molar-refractivity contribution < 1.29 is 4.43 Å². The first-order chi connectivity index (χ1) is 16.2. The van der Waals surface area contributed by atoms with Crippen molar-refractivity contribution in [3.05, 3.63) is 96.1 Å². The Morgan fingerprint density at radius 3 is 2.06 bits per heavy atom. The Morgan fingerprint density at radius 2 is 1.47 bits per heavy atom.